The molecular formula is C17H17NO4. The van der Waals surface area contributed by atoms with Gasteiger partial charge in [-0.1, -0.05) is 12.1 Å². The van der Waals surface area contributed by atoms with Crippen LogP contribution < -0.4 is 4.74 Å². The number of carboxylic acid groups (broad SMARTS) is 1. The molecule has 1 atom stereocenters. The molecule has 0 spiro atoms. The molecule has 2 aromatic rings. The number of nitrogens with zero attached hydrogens (tertiary/aromatic N) is 1. The van der Waals surface area contributed by atoms with E-state index in [-0.39, 0.29) is 12.5 Å². The Morgan fingerprint density at radius 3 is 2.77 bits per heavy atom. The van der Waals surface area contributed by atoms with Crippen LogP contribution in [0.3, 0.4) is 0 Å². The van der Waals surface area contributed by atoms with Crippen molar-refractivity contribution >= 4 is 5.97 Å². The van der Waals surface area contributed by atoms with Gasteiger partial charge in [-0.2, -0.15) is 0 Å². The van der Waals surface area contributed by atoms with E-state index in [1.54, 1.807) is 12.4 Å². The van der Waals surface area contributed by atoms with Crippen molar-refractivity contribution < 1.29 is 19.4 Å². The van der Waals surface area contributed by atoms with Crippen LogP contribution in [0.5, 0.6) is 5.75 Å². The Balaban J connectivity index is 1.73. The molecule has 114 valence electrons. The maximum Gasteiger partial charge on any atom is 0.307 e. The topological polar surface area (TPSA) is 68.7 Å². The average molecular weight is 299 g/mol. The van der Waals surface area contributed by atoms with Gasteiger partial charge in [0.25, 0.3) is 0 Å². The highest BCUT2D eigenvalue weighted by Crippen LogP contribution is 2.24. The lowest BCUT2D eigenvalue weighted by molar-refractivity contribution is -0.136. The van der Waals surface area contributed by atoms with E-state index in [4.69, 9.17) is 14.6 Å². The Hall–Kier alpha value is -2.40. The molecule has 1 aromatic carbocycles. The lowest BCUT2D eigenvalue weighted by Gasteiger charge is -2.12. The predicted molar refractivity (Wildman–Crippen MR) is 80.9 cm³/mol. The molecule has 1 aromatic heterocycles. The van der Waals surface area contributed by atoms with E-state index in [1.807, 2.05) is 30.3 Å². The van der Waals surface area contributed by atoms with Gasteiger partial charge in [0.15, 0.2) is 0 Å². The zero-order valence-electron chi connectivity index (χ0n) is 12.1. The van der Waals surface area contributed by atoms with Gasteiger partial charge in [0.2, 0.25) is 0 Å². The second-order valence-electron chi connectivity index (χ2n) is 5.28. The average Bonchev–Trinajstić information content (AvgIpc) is 3.01. The largest absolute Gasteiger partial charge is 0.488 e. The molecule has 0 bridgehead atoms. The monoisotopic (exact) mass is 299 g/mol. The molecule has 3 rings (SSSR count). The van der Waals surface area contributed by atoms with Crippen LogP contribution in [0, 0.1) is 0 Å². The van der Waals surface area contributed by atoms with Crippen LogP contribution in [-0.2, 0) is 16.0 Å². The number of pyridine rings is 1. The second-order valence-corrected chi connectivity index (χ2v) is 5.28. The smallest absolute Gasteiger partial charge is 0.307 e. The van der Waals surface area contributed by atoms with E-state index >= 15 is 0 Å². The molecular weight excluding hydrogens is 282 g/mol. The molecule has 0 radical (unpaired) electrons. The highest BCUT2D eigenvalue weighted by Gasteiger charge is 2.17. The van der Waals surface area contributed by atoms with Crippen molar-refractivity contribution in [3.63, 3.8) is 0 Å². The van der Waals surface area contributed by atoms with Gasteiger partial charge >= 0.3 is 5.97 Å². The van der Waals surface area contributed by atoms with Gasteiger partial charge in [0, 0.05) is 24.4 Å². The van der Waals surface area contributed by atoms with Crippen molar-refractivity contribution in [1.82, 2.24) is 4.98 Å². The lowest BCUT2D eigenvalue weighted by atomic mass is 10.0. The van der Waals surface area contributed by atoms with Crippen molar-refractivity contribution in [2.75, 3.05) is 13.2 Å². The molecule has 22 heavy (non-hydrogen) atoms. The minimum atomic E-state index is -0.860. The van der Waals surface area contributed by atoms with Crippen LogP contribution in [0.1, 0.15) is 12.0 Å². The fourth-order valence-corrected chi connectivity index (χ4v) is 2.44. The second kappa shape index (κ2) is 6.58. The summed E-state index contributed by atoms with van der Waals surface area (Å²) in [7, 11) is 0. The molecule has 0 aliphatic carbocycles. The van der Waals surface area contributed by atoms with E-state index in [0.717, 1.165) is 29.9 Å². The molecule has 0 amide bonds. The van der Waals surface area contributed by atoms with Gasteiger partial charge in [-0.3, -0.25) is 9.78 Å². The Morgan fingerprint density at radius 2 is 2.09 bits per heavy atom. The van der Waals surface area contributed by atoms with E-state index in [9.17, 15) is 4.79 Å². The molecule has 2 heterocycles. The first-order chi connectivity index (χ1) is 10.7. The van der Waals surface area contributed by atoms with Crippen LogP contribution in [-0.4, -0.2) is 35.4 Å². The van der Waals surface area contributed by atoms with Crippen molar-refractivity contribution in [2.24, 2.45) is 0 Å². The van der Waals surface area contributed by atoms with Crippen molar-refractivity contribution in [2.45, 2.75) is 18.9 Å². The quantitative estimate of drug-likeness (QED) is 0.919. The van der Waals surface area contributed by atoms with Crippen LogP contribution in [0.2, 0.25) is 0 Å². The summed E-state index contributed by atoms with van der Waals surface area (Å²) < 4.78 is 11.1. The summed E-state index contributed by atoms with van der Waals surface area (Å²) in [6.07, 6.45) is 4.33. The summed E-state index contributed by atoms with van der Waals surface area (Å²) in [4.78, 5) is 14.9. The number of benzene rings is 1. The Morgan fingerprint density at radius 1 is 1.27 bits per heavy atom. The molecule has 0 saturated carbocycles. The van der Waals surface area contributed by atoms with Gasteiger partial charge in [0.05, 0.1) is 19.6 Å². The van der Waals surface area contributed by atoms with Gasteiger partial charge in [-0.15, -0.1) is 0 Å². The van der Waals surface area contributed by atoms with Gasteiger partial charge < -0.3 is 14.6 Å². The summed E-state index contributed by atoms with van der Waals surface area (Å²) in [6, 6.07) is 9.58. The third-order valence-corrected chi connectivity index (χ3v) is 3.53. The normalized spacial score (nSPS) is 17.4. The van der Waals surface area contributed by atoms with Crippen molar-refractivity contribution in [3.8, 4) is 16.9 Å². The number of hydrogen-bond donors (Lipinski definition) is 1. The number of aliphatic carboxylic acids is 1. The fourth-order valence-electron chi connectivity index (χ4n) is 2.44. The standard InChI is InChI=1S/C17H17NO4/c19-17(20)8-12-7-14(10-18-9-12)13-1-3-15(4-2-13)22-16-5-6-21-11-16/h1-4,7,9-10,16H,5-6,8,11H2,(H,19,20). The minimum absolute atomic E-state index is 0.0241. The van der Waals surface area contributed by atoms with Crippen LogP contribution in [0.4, 0.5) is 0 Å². The maximum absolute atomic E-state index is 10.8. The van der Waals surface area contributed by atoms with Gasteiger partial charge in [0.1, 0.15) is 11.9 Å². The molecule has 1 fully saturated rings. The van der Waals surface area contributed by atoms with Gasteiger partial charge in [-0.25, -0.2) is 0 Å². The summed E-state index contributed by atoms with van der Waals surface area (Å²) >= 11 is 0. The highest BCUT2D eigenvalue weighted by molar-refractivity contribution is 5.71. The Labute approximate surface area is 128 Å². The Bertz CT molecular complexity index is 648. The SMILES string of the molecule is O=C(O)Cc1cncc(-c2ccc(OC3CCOC3)cc2)c1. The number of ether oxygens (including phenoxy) is 2. The zero-order chi connectivity index (χ0) is 15.4. The van der Waals surface area contributed by atoms with Crippen molar-refractivity contribution in [3.05, 3.63) is 48.3 Å². The summed E-state index contributed by atoms with van der Waals surface area (Å²) in [5, 5.41) is 8.85. The molecule has 1 N–H and O–H groups in total. The highest BCUT2D eigenvalue weighted by atomic mass is 16.5. The van der Waals surface area contributed by atoms with Crippen LogP contribution in [0.15, 0.2) is 42.7 Å². The number of rotatable bonds is 5. The first kappa shape index (κ1) is 14.5. The van der Waals surface area contributed by atoms with E-state index in [2.05, 4.69) is 4.98 Å². The third kappa shape index (κ3) is 3.62. The first-order valence-corrected chi connectivity index (χ1v) is 7.21. The van der Waals surface area contributed by atoms with Crippen molar-refractivity contribution in [1.29, 1.82) is 0 Å². The van der Waals surface area contributed by atoms with Crippen LogP contribution in [0.25, 0.3) is 11.1 Å². The third-order valence-electron chi connectivity index (χ3n) is 3.53. The molecule has 1 aliphatic rings. The molecule has 1 aliphatic heterocycles. The number of carboxylic acids is 1. The first-order valence-electron chi connectivity index (χ1n) is 7.21. The summed E-state index contributed by atoms with van der Waals surface area (Å²) in [6.45, 7) is 1.40. The maximum atomic E-state index is 10.8. The number of carbonyl (C=O) groups is 1. The van der Waals surface area contributed by atoms with Crippen LogP contribution >= 0.6 is 0 Å². The Kier molecular flexibility index (Phi) is 4.34. The van der Waals surface area contributed by atoms with E-state index in [1.165, 1.54) is 0 Å². The van der Waals surface area contributed by atoms with E-state index in [0.29, 0.717) is 12.2 Å². The fraction of sp³-hybridized carbons (Fsp3) is 0.294. The van der Waals surface area contributed by atoms with E-state index < -0.39 is 5.97 Å². The molecule has 1 unspecified atom stereocenters. The number of hydrogen-bond acceptors (Lipinski definition) is 4. The van der Waals surface area contributed by atoms with Gasteiger partial charge in [-0.05, 0) is 29.3 Å². The summed E-state index contributed by atoms with van der Waals surface area (Å²) in [5.74, 6) is -0.0459. The predicted octanol–water partition coefficient (Wildman–Crippen LogP) is 2.54. The lowest BCUT2D eigenvalue weighted by Crippen LogP contribution is -2.15. The molecule has 5 heteroatoms. The zero-order valence-corrected chi connectivity index (χ0v) is 12.1. The number of aromatic nitrogens is 1. The minimum Gasteiger partial charge on any atom is -0.488 e. The summed E-state index contributed by atoms with van der Waals surface area (Å²) in [5.41, 5.74) is 2.57. The molecule has 5 nitrogen and oxygen atoms in total. The molecule has 1 saturated heterocycles.